The first kappa shape index (κ1) is 24.2. The molecule has 35 heavy (non-hydrogen) atoms. The van der Waals surface area contributed by atoms with Gasteiger partial charge in [-0.1, -0.05) is 12.1 Å². The van der Waals surface area contributed by atoms with E-state index in [2.05, 4.69) is 4.57 Å². The summed E-state index contributed by atoms with van der Waals surface area (Å²) in [5, 5.41) is 0. The Morgan fingerprint density at radius 3 is 2.31 bits per heavy atom. The zero-order valence-electron chi connectivity index (χ0n) is 21.1. The number of methoxy groups -OCH3 is 2. The zero-order valence-corrected chi connectivity index (χ0v) is 21.1. The van der Waals surface area contributed by atoms with Crippen LogP contribution in [0.5, 0.6) is 11.5 Å². The number of urea groups is 1. The van der Waals surface area contributed by atoms with Crippen LogP contribution in [0, 0.1) is 0 Å². The van der Waals surface area contributed by atoms with Crippen molar-refractivity contribution in [3.05, 3.63) is 72.1 Å². The van der Waals surface area contributed by atoms with Gasteiger partial charge >= 0.3 is 6.03 Å². The van der Waals surface area contributed by atoms with E-state index in [-0.39, 0.29) is 24.5 Å². The van der Waals surface area contributed by atoms with Crippen LogP contribution in [0.25, 0.3) is 5.69 Å². The smallest absolute Gasteiger partial charge is 0.320 e. The fourth-order valence-electron chi connectivity index (χ4n) is 4.56. The van der Waals surface area contributed by atoms with Crippen molar-refractivity contribution >= 4 is 17.6 Å². The molecule has 184 valence electrons. The highest BCUT2D eigenvalue weighted by atomic mass is 16.5. The number of amides is 3. The van der Waals surface area contributed by atoms with E-state index < -0.39 is 6.04 Å². The van der Waals surface area contributed by atoms with E-state index in [0.29, 0.717) is 11.5 Å². The number of nitrogens with zero attached hydrogens (tertiary/aromatic N) is 4. The minimum Gasteiger partial charge on any atom is -0.497 e. The van der Waals surface area contributed by atoms with Crippen molar-refractivity contribution in [1.29, 1.82) is 0 Å². The van der Waals surface area contributed by atoms with Gasteiger partial charge in [0.2, 0.25) is 5.91 Å². The van der Waals surface area contributed by atoms with Gasteiger partial charge in [-0.15, -0.1) is 0 Å². The number of aromatic nitrogens is 1. The van der Waals surface area contributed by atoms with Gasteiger partial charge in [-0.05, 0) is 56.3 Å². The van der Waals surface area contributed by atoms with Crippen LogP contribution >= 0.6 is 0 Å². The van der Waals surface area contributed by atoms with Crippen LogP contribution in [0.2, 0.25) is 0 Å². The zero-order chi connectivity index (χ0) is 25.3. The lowest BCUT2D eigenvalue weighted by Crippen LogP contribution is -2.51. The van der Waals surface area contributed by atoms with Crippen molar-refractivity contribution in [2.24, 2.45) is 0 Å². The molecule has 0 fully saturated rings. The van der Waals surface area contributed by atoms with Crippen LogP contribution in [0.1, 0.15) is 31.1 Å². The van der Waals surface area contributed by atoms with Crippen LogP contribution in [0.4, 0.5) is 10.5 Å². The maximum absolute atomic E-state index is 14.1. The van der Waals surface area contributed by atoms with Crippen molar-refractivity contribution in [2.75, 3.05) is 39.8 Å². The maximum atomic E-state index is 14.1. The average molecular weight is 477 g/mol. The largest absolute Gasteiger partial charge is 0.497 e. The molecule has 0 aliphatic carbocycles. The molecule has 0 radical (unpaired) electrons. The molecule has 1 aliphatic rings. The van der Waals surface area contributed by atoms with Gasteiger partial charge in [0.1, 0.15) is 24.1 Å². The van der Waals surface area contributed by atoms with E-state index >= 15 is 0 Å². The fourth-order valence-corrected chi connectivity index (χ4v) is 4.56. The Labute approximate surface area is 206 Å². The molecule has 0 N–H and O–H groups in total. The molecule has 0 saturated heterocycles. The molecule has 3 aromatic rings. The Hall–Kier alpha value is -3.94. The molecule has 1 atom stereocenters. The number of para-hydroxylation sites is 2. The molecule has 2 heterocycles. The molecule has 1 aromatic heterocycles. The van der Waals surface area contributed by atoms with Gasteiger partial charge in [0.25, 0.3) is 0 Å². The summed E-state index contributed by atoms with van der Waals surface area (Å²) in [5.74, 6) is 1.12. The van der Waals surface area contributed by atoms with Gasteiger partial charge in [-0.3, -0.25) is 9.69 Å². The molecule has 1 unspecified atom stereocenters. The van der Waals surface area contributed by atoms with Crippen molar-refractivity contribution in [3.63, 3.8) is 0 Å². The minimum absolute atomic E-state index is 0.0630. The predicted octanol–water partition coefficient (Wildman–Crippen LogP) is 4.32. The third-order valence-corrected chi connectivity index (χ3v) is 6.28. The molecule has 0 saturated carbocycles. The lowest BCUT2D eigenvalue weighted by molar-refractivity contribution is -0.120. The van der Waals surface area contributed by atoms with Crippen molar-refractivity contribution in [3.8, 4) is 17.2 Å². The average Bonchev–Trinajstić information content (AvgIpc) is 3.35. The monoisotopic (exact) mass is 476 g/mol. The molecule has 8 nitrogen and oxygen atoms in total. The summed E-state index contributed by atoms with van der Waals surface area (Å²) >= 11 is 0. The number of carbonyl (C=O) groups excluding carboxylic acids is 2. The molecule has 0 bridgehead atoms. The summed E-state index contributed by atoms with van der Waals surface area (Å²) in [4.78, 5) is 31.8. The third-order valence-electron chi connectivity index (χ3n) is 6.28. The molecule has 3 amide bonds. The number of benzene rings is 2. The second-order valence-electron chi connectivity index (χ2n) is 8.96. The number of hydrogen-bond acceptors (Lipinski definition) is 4. The third kappa shape index (κ3) is 4.32. The van der Waals surface area contributed by atoms with E-state index in [9.17, 15) is 9.59 Å². The summed E-state index contributed by atoms with van der Waals surface area (Å²) in [6, 6.07) is 16.5. The Balaban J connectivity index is 1.89. The normalized spacial score (nSPS) is 14.3. The van der Waals surface area contributed by atoms with Gasteiger partial charge in [0, 0.05) is 31.9 Å². The first-order chi connectivity index (χ1) is 16.8. The van der Waals surface area contributed by atoms with E-state index in [1.54, 1.807) is 38.1 Å². The highest BCUT2D eigenvalue weighted by Gasteiger charge is 2.39. The van der Waals surface area contributed by atoms with Crippen LogP contribution in [0.15, 0.2) is 60.8 Å². The number of ether oxygens (including phenoxy) is 2. The van der Waals surface area contributed by atoms with Gasteiger partial charge in [-0.25, -0.2) is 4.79 Å². The Kier molecular flexibility index (Phi) is 6.73. The second-order valence-corrected chi connectivity index (χ2v) is 8.96. The van der Waals surface area contributed by atoms with Gasteiger partial charge in [0.15, 0.2) is 0 Å². The van der Waals surface area contributed by atoms with Gasteiger partial charge < -0.3 is 23.8 Å². The fraction of sp³-hybridized carbons (Fsp3) is 0.333. The minimum atomic E-state index is -0.485. The first-order valence-electron chi connectivity index (χ1n) is 11.6. The summed E-state index contributed by atoms with van der Waals surface area (Å²) in [6.45, 7) is 3.76. The number of fused-ring (bicyclic) bond motifs is 3. The lowest BCUT2D eigenvalue weighted by atomic mass is 9.96. The summed E-state index contributed by atoms with van der Waals surface area (Å²) in [5.41, 5.74) is 3.37. The molecule has 8 heteroatoms. The Bertz CT molecular complexity index is 1230. The van der Waals surface area contributed by atoms with E-state index in [1.807, 2.05) is 74.6 Å². The topological polar surface area (TPSA) is 67.2 Å². The highest BCUT2D eigenvalue weighted by molar-refractivity contribution is 6.00. The SMILES string of the molecule is COc1ccc(OC)c(C2c3cccn3-c3ccccc3N2C(=O)CN(C(=O)N(C)C)C(C)C)c1. The van der Waals surface area contributed by atoms with Crippen LogP contribution in [0.3, 0.4) is 0 Å². The molecule has 1 aliphatic heterocycles. The molecular weight excluding hydrogens is 444 g/mol. The van der Waals surface area contributed by atoms with Crippen LogP contribution in [-0.2, 0) is 4.79 Å². The highest BCUT2D eigenvalue weighted by Crippen LogP contribution is 2.45. The molecule has 0 spiro atoms. The summed E-state index contributed by atoms with van der Waals surface area (Å²) in [7, 11) is 6.61. The predicted molar refractivity (Wildman–Crippen MR) is 136 cm³/mol. The number of rotatable bonds is 6. The quantitative estimate of drug-likeness (QED) is 0.531. The van der Waals surface area contributed by atoms with Crippen LogP contribution < -0.4 is 14.4 Å². The first-order valence-corrected chi connectivity index (χ1v) is 11.6. The number of hydrogen-bond donors (Lipinski definition) is 0. The summed E-state index contributed by atoms with van der Waals surface area (Å²) in [6.07, 6.45) is 1.99. The Morgan fingerprint density at radius 2 is 1.69 bits per heavy atom. The number of carbonyl (C=O) groups is 2. The van der Waals surface area contributed by atoms with Crippen molar-refractivity contribution in [1.82, 2.24) is 14.4 Å². The van der Waals surface area contributed by atoms with Crippen molar-refractivity contribution < 1.29 is 19.1 Å². The van der Waals surface area contributed by atoms with E-state index in [0.717, 1.165) is 22.6 Å². The van der Waals surface area contributed by atoms with Crippen LogP contribution in [-0.4, -0.2) is 67.2 Å². The standard InChI is InChI=1S/C27H32N4O4/c1-18(2)30(27(33)28(3)4)17-25(32)31-22-11-8-7-10-21(22)29-15-9-12-23(29)26(31)20-16-19(34-5)13-14-24(20)35-6/h7-16,18,26H,17H2,1-6H3. The van der Waals surface area contributed by atoms with Crippen molar-refractivity contribution in [2.45, 2.75) is 25.9 Å². The molecule has 2 aromatic carbocycles. The van der Waals surface area contributed by atoms with E-state index in [4.69, 9.17) is 9.47 Å². The maximum Gasteiger partial charge on any atom is 0.320 e. The summed E-state index contributed by atoms with van der Waals surface area (Å²) < 4.78 is 13.3. The number of anilines is 1. The van der Waals surface area contributed by atoms with Gasteiger partial charge in [-0.2, -0.15) is 0 Å². The Morgan fingerprint density at radius 1 is 0.971 bits per heavy atom. The van der Waals surface area contributed by atoms with E-state index in [1.165, 1.54) is 4.90 Å². The molecular formula is C27H32N4O4. The molecule has 4 rings (SSSR count). The van der Waals surface area contributed by atoms with Gasteiger partial charge in [0.05, 0.1) is 31.3 Å². The lowest BCUT2D eigenvalue weighted by Gasteiger charge is -2.40. The second kappa shape index (κ2) is 9.74.